The Morgan fingerprint density at radius 3 is 2.03 bits per heavy atom. The second-order valence-corrected chi connectivity index (χ2v) is 10.9. The van der Waals surface area contributed by atoms with E-state index in [-0.39, 0.29) is 24.5 Å². The number of para-hydroxylation sites is 2. The number of ether oxygens (including phenoxy) is 2. The maximum Gasteiger partial charge on any atom is 0.344 e. The number of carbonyl (C=O) groups excluding carboxylic acids is 2. The van der Waals surface area contributed by atoms with Crippen LogP contribution in [0.3, 0.4) is 0 Å². The quantitative estimate of drug-likeness (QED) is 0.192. The molecule has 0 amide bonds. The fourth-order valence-corrected chi connectivity index (χ4v) is 6.33. The van der Waals surface area contributed by atoms with Gasteiger partial charge in [0.1, 0.15) is 34.7 Å². The monoisotopic (exact) mass is 513 g/mol. The van der Waals surface area contributed by atoms with Crippen LogP contribution in [0.15, 0.2) is 72.8 Å². The van der Waals surface area contributed by atoms with Gasteiger partial charge in [0.05, 0.1) is 0 Å². The molecule has 0 aromatic heterocycles. The van der Waals surface area contributed by atoms with E-state index in [1.807, 2.05) is 93.6 Å². The second-order valence-electron chi connectivity index (χ2n) is 10.9. The number of quaternary nitrogens is 1. The van der Waals surface area contributed by atoms with Crippen LogP contribution < -0.4 is 9.38 Å². The SMILES string of the molecule is Cc1cc([N+]([O-])(c2ccccc2)c2ccccc2)cc(C)c1OCC(=O)OC1CC2CC(C)C(=O)C(C2)C1. The molecule has 6 heteroatoms. The van der Waals surface area contributed by atoms with E-state index in [2.05, 4.69) is 0 Å². The van der Waals surface area contributed by atoms with Gasteiger partial charge in [0, 0.05) is 48.2 Å². The number of fused-ring (bicyclic) bond motifs is 2. The van der Waals surface area contributed by atoms with Gasteiger partial charge < -0.3 is 14.7 Å². The van der Waals surface area contributed by atoms with Crippen LogP contribution in [0.4, 0.5) is 17.1 Å². The molecule has 2 aliphatic rings. The maximum atomic E-state index is 14.5. The molecule has 2 aliphatic carbocycles. The Kier molecular flexibility index (Phi) is 7.37. The van der Waals surface area contributed by atoms with Crippen LogP contribution in [-0.2, 0) is 14.3 Å². The Labute approximate surface area is 224 Å². The predicted molar refractivity (Wildman–Crippen MR) is 148 cm³/mol. The molecule has 0 spiro atoms. The van der Waals surface area contributed by atoms with E-state index in [1.54, 1.807) is 0 Å². The number of Topliss-reactive ketones (excluding diaryl/α,β-unsaturated/α-hetero) is 1. The van der Waals surface area contributed by atoms with Crippen molar-refractivity contribution < 1.29 is 19.1 Å². The van der Waals surface area contributed by atoms with Gasteiger partial charge >= 0.3 is 5.97 Å². The zero-order chi connectivity index (χ0) is 26.9. The van der Waals surface area contributed by atoms with Crippen LogP contribution in [0.25, 0.3) is 0 Å². The zero-order valence-corrected chi connectivity index (χ0v) is 22.3. The van der Waals surface area contributed by atoms with Crippen LogP contribution >= 0.6 is 0 Å². The highest BCUT2D eigenvalue weighted by Gasteiger charge is 2.41. The van der Waals surface area contributed by atoms with Gasteiger partial charge in [-0.25, -0.2) is 4.79 Å². The predicted octanol–water partition coefficient (Wildman–Crippen LogP) is 7.09. The highest BCUT2D eigenvalue weighted by atomic mass is 16.6. The lowest BCUT2D eigenvalue weighted by Crippen LogP contribution is -2.41. The summed E-state index contributed by atoms with van der Waals surface area (Å²) < 4.78 is 10.9. The number of hydrogen-bond donors (Lipinski definition) is 0. The molecule has 4 atom stereocenters. The summed E-state index contributed by atoms with van der Waals surface area (Å²) in [6.07, 6.45) is 3.00. The number of hydrogen-bond acceptors (Lipinski definition) is 5. The van der Waals surface area contributed by atoms with E-state index in [4.69, 9.17) is 9.47 Å². The average molecular weight is 514 g/mol. The van der Waals surface area contributed by atoms with Crippen molar-refractivity contribution in [2.24, 2.45) is 17.8 Å². The zero-order valence-electron chi connectivity index (χ0n) is 22.3. The number of benzene rings is 3. The summed E-state index contributed by atoms with van der Waals surface area (Å²) in [5.41, 5.74) is 3.29. The number of aryl methyl sites for hydroxylation is 2. The van der Waals surface area contributed by atoms with Crippen LogP contribution in [0.5, 0.6) is 5.75 Å². The third-order valence-corrected chi connectivity index (χ3v) is 8.02. The van der Waals surface area contributed by atoms with Crippen LogP contribution in [0, 0.1) is 36.8 Å². The van der Waals surface area contributed by atoms with E-state index in [9.17, 15) is 14.8 Å². The molecular weight excluding hydrogens is 478 g/mol. The molecule has 0 heterocycles. The summed E-state index contributed by atoms with van der Waals surface area (Å²) >= 11 is 0. The van der Waals surface area contributed by atoms with Gasteiger partial charge in [-0.2, -0.15) is 0 Å². The van der Waals surface area contributed by atoms with E-state index >= 15 is 0 Å². The number of rotatable bonds is 7. The van der Waals surface area contributed by atoms with Crippen LogP contribution in [0.2, 0.25) is 0 Å². The van der Waals surface area contributed by atoms with Crippen LogP contribution in [-0.4, -0.2) is 24.5 Å². The van der Waals surface area contributed by atoms with E-state index in [1.165, 1.54) is 0 Å². The molecule has 2 saturated carbocycles. The molecule has 0 N–H and O–H groups in total. The van der Waals surface area contributed by atoms with Crippen molar-refractivity contribution in [2.75, 3.05) is 6.61 Å². The Bertz CT molecular complexity index is 1240. The molecule has 38 heavy (non-hydrogen) atoms. The highest BCUT2D eigenvalue weighted by Crippen LogP contribution is 2.45. The number of esters is 1. The summed E-state index contributed by atoms with van der Waals surface area (Å²) in [5.74, 6) is 1.01. The first-order chi connectivity index (χ1) is 18.3. The van der Waals surface area contributed by atoms with Crippen molar-refractivity contribution in [3.63, 3.8) is 0 Å². The fourth-order valence-electron chi connectivity index (χ4n) is 6.33. The minimum absolute atomic E-state index is 0.00737. The lowest BCUT2D eigenvalue weighted by atomic mass is 9.67. The lowest BCUT2D eigenvalue weighted by molar-refractivity contribution is -0.158. The minimum atomic E-state index is -0.743. The fraction of sp³-hybridized carbons (Fsp3) is 0.375. The molecule has 6 nitrogen and oxygen atoms in total. The summed E-state index contributed by atoms with van der Waals surface area (Å²) in [5, 5.41) is 14.5. The van der Waals surface area contributed by atoms with Crippen molar-refractivity contribution in [3.8, 4) is 5.75 Å². The topological polar surface area (TPSA) is 75.7 Å². The van der Waals surface area contributed by atoms with Crippen LogP contribution in [0.1, 0.15) is 43.7 Å². The minimum Gasteiger partial charge on any atom is -0.616 e. The standard InChI is InChI=1S/C32H35NO5/c1-21-14-24-17-25(31(21)35)19-29(18-24)38-30(34)20-37-32-22(2)15-28(16-23(32)3)33(36,26-10-6-4-7-11-26)27-12-8-5-9-13-27/h4-13,15-16,21,24-25,29H,14,17-20H2,1-3H3. The number of nitrogens with zero attached hydrogens (tertiary/aromatic N) is 1. The van der Waals surface area contributed by atoms with Gasteiger partial charge in [-0.3, -0.25) is 9.44 Å². The maximum absolute atomic E-state index is 14.5. The Morgan fingerprint density at radius 1 is 0.868 bits per heavy atom. The van der Waals surface area contributed by atoms with E-state index < -0.39 is 10.6 Å². The average Bonchev–Trinajstić information content (AvgIpc) is 2.91. The van der Waals surface area contributed by atoms with Gasteiger partial charge in [-0.05, 0) is 56.6 Å². The first-order valence-corrected chi connectivity index (χ1v) is 13.4. The molecular formula is C32H35NO5. The third kappa shape index (κ3) is 5.11. The molecule has 4 unspecified atom stereocenters. The summed E-state index contributed by atoms with van der Waals surface area (Å²) in [7, 11) is 0. The molecule has 5 rings (SSSR count). The third-order valence-electron chi connectivity index (χ3n) is 8.02. The van der Waals surface area contributed by atoms with Gasteiger partial charge in [0.25, 0.3) is 0 Å². The van der Waals surface area contributed by atoms with Gasteiger partial charge in [-0.1, -0.05) is 43.3 Å². The molecule has 3 aromatic carbocycles. The van der Waals surface area contributed by atoms with E-state index in [0.717, 1.165) is 30.4 Å². The first kappa shape index (κ1) is 26.1. The summed E-state index contributed by atoms with van der Waals surface area (Å²) in [6, 6.07) is 22.2. The number of ketones is 1. The Balaban J connectivity index is 1.31. The summed E-state index contributed by atoms with van der Waals surface area (Å²) in [6.45, 7) is 5.55. The molecule has 3 aromatic rings. The smallest absolute Gasteiger partial charge is 0.344 e. The molecule has 0 saturated heterocycles. The Hall–Kier alpha value is -3.48. The lowest BCUT2D eigenvalue weighted by Gasteiger charge is -2.41. The van der Waals surface area contributed by atoms with Crippen molar-refractivity contribution in [2.45, 2.75) is 52.6 Å². The van der Waals surface area contributed by atoms with Crippen molar-refractivity contribution in [1.29, 1.82) is 0 Å². The van der Waals surface area contributed by atoms with Gasteiger partial charge in [0.2, 0.25) is 0 Å². The second kappa shape index (κ2) is 10.7. The van der Waals surface area contributed by atoms with Crippen molar-refractivity contribution in [1.82, 2.24) is 4.65 Å². The highest BCUT2D eigenvalue weighted by molar-refractivity contribution is 5.84. The molecule has 2 fully saturated rings. The van der Waals surface area contributed by atoms with Gasteiger partial charge in [0.15, 0.2) is 6.61 Å². The normalized spacial score (nSPS) is 23.1. The summed E-state index contributed by atoms with van der Waals surface area (Å²) in [4.78, 5) is 25.1. The van der Waals surface area contributed by atoms with Crippen molar-refractivity contribution in [3.05, 3.63) is 89.1 Å². The van der Waals surface area contributed by atoms with E-state index in [0.29, 0.717) is 40.9 Å². The number of carbonyl (C=O) groups is 2. The molecule has 2 bridgehead atoms. The Morgan fingerprint density at radius 2 is 1.45 bits per heavy atom. The molecule has 0 aliphatic heterocycles. The van der Waals surface area contributed by atoms with Gasteiger partial charge in [-0.15, -0.1) is 0 Å². The first-order valence-electron chi connectivity index (χ1n) is 13.4. The largest absolute Gasteiger partial charge is 0.616 e. The molecule has 198 valence electrons. The molecule has 0 radical (unpaired) electrons. The van der Waals surface area contributed by atoms with Crippen molar-refractivity contribution >= 4 is 28.8 Å².